The molecular weight excluding hydrogens is 140 g/mol. The Bertz CT molecular complexity index is 225. The minimum Gasteiger partial charge on any atom is -0.274 e. The smallest absolute Gasteiger partial charge is 0.0989 e. The molecule has 0 atom stereocenters. The van der Waals surface area contributed by atoms with Gasteiger partial charge in [0.05, 0.1) is 24.8 Å². The molecule has 1 aliphatic rings. The predicted octanol–water partition coefficient (Wildman–Crippen LogP) is 1.22. The fourth-order valence-electron chi connectivity index (χ4n) is 0.825. The molecule has 0 N–H and O–H groups in total. The van der Waals surface area contributed by atoms with Crippen LogP contribution in [-0.2, 0) is 4.84 Å². The third-order valence-corrected chi connectivity index (χ3v) is 1.34. The Morgan fingerprint density at radius 1 is 1.82 bits per heavy atom. The SMILES string of the molecule is CCON1C=CC(C#N)=CC1. The second-order valence-corrected chi connectivity index (χ2v) is 2.10. The van der Waals surface area contributed by atoms with Crippen LogP contribution in [-0.4, -0.2) is 18.2 Å². The molecule has 0 saturated carbocycles. The van der Waals surface area contributed by atoms with Gasteiger partial charge in [0.2, 0.25) is 0 Å². The molecule has 0 aromatic rings. The van der Waals surface area contributed by atoms with Gasteiger partial charge in [0.1, 0.15) is 0 Å². The molecular formula is C8H10N2O. The first-order valence-electron chi connectivity index (χ1n) is 3.55. The summed E-state index contributed by atoms with van der Waals surface area (Å²) in [5, 5.41) is 10.2. The van der Waals surface area contributed by atoms with Crippen molar-refractivity contribution in [2.24, 2.45) is 0 Å². The van der Waals surface area contributed by atoms with E-state index in [-0.39, 0.29) is 0 Å². The Morgan fingerprint density at radius 3 is 3.09 bits per heavy atom. The summed E-state index contributed by atoms with van der Waals surface area (Å²) in [6.07, 6.45) is 5.33. The summed E-state index contributed by atoms with van der Waals surface area (Å²) in [4.78, 5) is 5.17. The van der Waals surface area contributed by atoms with Crippen LogP contribution >= 0.6 is 0 Å². The van der Waals surface area contributed by atoms with Gasteiger partial charge >= 0.3 is 0 Å². The van der Waals surface area contributed by atoms with Gasteiger partial charge in [-0.25, -0.2) is 0 Å². The van der Waals surface area contributed by atoms with Gasteiger partial charge in [-0.2, -0.15) is 5.26 Å². The quantitative estimate of drug-likeness (QED) is 0.593. The lowest BCUT2D eigenvalue weighted by atomic mass is 10.2. The average Bonchev–Trinajstić information content (AvgIpc) is 2.07. The van der Waals surface area contributed by atoms with Gasteiger partial charge in [0, 0.05) is 6.20 Å². The van der Waals surface area contributed by atoms with Crippen molar-refractivity contribution in [2.45, 2.75) is 6.92 Å². The van der Waals surface area contributed by atoms with Crippen LogP contribution in [0.5, 0.6) is 0 Å². The number of hydroxylamine groups is 2. The Labute approximate surface area is 66.1 Å². The van der Waals surface area contributed by atoms with Crippen molar-refractivity contribution in [3.8, 4) is 6.07 Å². The van der Waals surface area contributed by atoms with Crippen molar-refractivity contribution >= 4 is 0 Å². The second kappa shape index (κ2) is 3.79. The van der Waals surface area contributed by atoms with Crippen LogP contribution in [0.15, 0.2) is 23.9 Å². The molecule has 0 aliphatic carbocycles. The van der Waals surface area contributed by atoms with E-state index >= 15 is 0 Å². The Kier molecular flexibility index (Phi) is 2.70. The molecule has 0 bridgehead atoms. The summed E-state index contributed by atoms with van der Waals surface area (Å²) in [5.74, 6) is 0. The average molecular weight is 150 g/mol. The van der Waals surface area contributed by atoms with Crippen molar-refractivity contribution in [1.82, 2.24) is 5.06 Å². The fourth-order valence-corrected chi connectivity index (χ4v) is 0.825. The summed E-state index contributed by atoms with van der Waals surface area (Å²) in [5.41, 5.74) is 0.695. The normalized spacial score (nSPS) is 16.0. The first-order valence-corrected chi connectivity index (χ1v) is 3.55. The zero-order chi connectivity index (χ0) is 8.10. The highest BCUT2D eigenvalue weighted by molar-refractivity contribution is 5.34. The van der Waals surface area contributed by atoms with Gasteiger partial charge in [-0.05, 0) is 19.1 Å². The molecule has 0 spiro atoms. The van der Waals surface area contributed by atoms with Gasteiger partial charge < -0.3 is 0 Å². The number of hydrogen-bond acceptors (Lipinski definition) is 3. The zero-order valence-electron chi connectivity index (χ0n) is 6.45. The maximum atomic E-state index is 8.48. The van der Waals surface area contributed by atoms with E-state index in [2.05, 4.69) is 6.07 Å². The maximum Gasteiger partial charge on any atom is 0.0989 e. The van der Waals surface area contributed by atoms with E-state index in [1.807, 2.05) is 13.0 Å². The Balaban J connectivity index is 2.45. The van der Waals surface area contributed by atoms with E-state index in [9.17, 15) is 0 Å². The van der Waals surface area contributed by atoms with E-state index in [1.54, 1.807) is 17.3 Å². The van der Waals surface area contributed by atoms with Crippen LogP contribution < -0.4 is 0 Å². The molecule has 1 aliphatic heterocycles. The molecule has 3 nitrogen and oxygen atoms in total. The highest BCUT2D eigenvalue weighted by Gasteiger charge is 2.02. The third kappa shape index (κ3) is 2.10. The van der Waals surface area contributed by atoms with E-state index < -0.39 is 0 Å². The summed E-state index contributed by atoms with van der Waals surface area (Å²) in [6.45, 7) is 3.24. The van der Waals surface area contributed by atoms with Crippen LogP contribution in [0.3, 0.4) is 0 Å². The number of nitrogens with zero attached hydrogens (tertiary/aromatic N) is 2. The highest BCUT2D eigenvalue weighted by Crippen LogP contribution is 2.05. The van der Waals surface area contributed by atoms with Crippen LogP contribution in [0.1, 0.15) is 6.92 Å². The second-order valence-electron chi connectivity index (χ2n) is 2.10. The van der Waals surface area contributed by atoms with Crippen molar-refractivity contribution in [1.29, 1.82) is 5.26 Å². The lowest BCUT2D eigenvalue weighted by Crippen LogP contribution is -2.19. The molecule has 0 aromatic heterocycles. The lowest BCUT2D eigenvalue weighted by molar-refractivity contribution is -0.107. The Hall–Kier alpha value is -1.27. The van der Waals surface area contributed by atoms with Crippen LogP contribution in [0.25, 0.3) is 0 Å². The minimum atomic E-state index is 0.653. The first kappa shape index (κ1) is 7.83. The minimum absolute atomic E-state index is 0.653. The molecule has 0 saturated heterocycles. The molecule has 0 aromatic carbocycles. The van der Waals surface area contributed by atoms with Crippen molar-refractivity contribution in [3.63, 3.8) is 0 Å². The lowest BCUT2D eigenvalue weighted by Gasteiger charge is -2.19. The molecule has 3 heteroatoms. The summed E-state index contributed by atoms with van der Waals surface area (Å²) >= 11 is 0. The number of nitriles is 1. The van der Waals surface area contributed by atoms with Gasteiger partial charge in [0.25, 0.3) is 0 Å². The van der Waals surface area contributed by atoms with Crippen LogP contribution in [0, 0.1) is 11.3 Å². The molecule has 0 amide bonds. The van der Waals surface area contributed by atoms with Gasteiger partial charge in [-0.3, -0.25) is 9.90 Å². The van der Waals surface area contributed by atoms with E-state index in [0.29, 0.717) is 18.7 Å². The fraction of sp³-hybridized carbons (Fsp3) is 0.375. The van der Waals surface area contributed by atoms with Gasteiger partial charge in [0.15, 0.2) is 0 Å². The van der Waals surface area contributed by atoms with Crippen molar-refractivity contribution in [3.05, 3.63) is 23.9 Å². The van der Waals surface area contributed by atoms with Crippen molar-refractivity contribution in [2.75, 3.05) is 13.2 Å². The molecule has 0 unspecified atom stereocenters. The van der Waals surface area contributed by atoms with Gasteiger partial charge in [-0.1, -0.05) is 0 Å². The standard InChI is InChI=1S/C8H10N2O/c1-2-11-10-5-3-8(7-9)4-6-10/h3-5H,2,6H2,1H3. The van der Waals surface area contributed by atoms with Crippen molar-refractivity contribution < 1.29 is 4.84 Å². The number of hydrogen-bond donors (Lipinski definition) is 0. The summed E-state index contributed by atoms with van der Waals surface area (Å²) in [7, 11) is 0. The molecule has 1 rings (SSSR count). The summed E-state index contributed by atoms with van der Waals surface area (Å²) in [6, 6.07) is 2.06. The van der Waals surface area contributed by atoms with E-state index in [1.165, 1.54) is 0 Å². The third-order valence-electron chi connectivity index (χ3n) is 1.34. The molecule has 1 heterocycles. The van der Waals surface area contributed by atoms with E-state index in [4.69, 9.17) is 10.1 Å². The number of allylic oxidation sites excluding steroid dienone is 2. The zero-order valence-corrected chi connectivity index (χ0v) is 6.45. The topological polar surface area (TPSA) is 36.3 Å². The molecule has 0 radical (unpaired) electrons. The Morgan fingerprint density at radius 2 is 2.64 bits per heavy atom. The number of rotatable bonds is 2. The van der Waals surface area contributed by atoms with E-state index in [0.717, 1.165) is 0 Å². The largest absolute Gasteiger partial charge is 0.274 e. The maximum absolute atomic E-state index is 8.48. The highest BCUT2D eigenvalue weighted by atomic mass is 16.7. The van der Waals surface area contributed by atoms with Gasteiger partial charge in [-0.15, -0.1) is 0 Å². The van der Waals surface area contributed by atoms with Crippen LogP contribution in [0.2, 0.25) is 0 Å². The first-order chi connectivity index (χ1) is 5.36. The summed E-state index contributed by atoms with van der Waals surface area (Å²) < 4.78 is 0. The molecule has 58 valence electrons. The molecule has 11 heavy (non-hydrogen) atoms. The predicted molar refractivity (Wildman–Crippen MR) is 41.2 cm³/mol. The molecule has 0 fully saturated rings. The van der Waals surface area contributed by atoms with Crippen LogP contribution in [0.4, 0.5) is 0 Å². The monoisotopic (exact) mass is 150 g/mol.